The molecule has 162 valence electrons. The maximum Gasteiger partial charge on any atom is 0.302 e. The van der Waals surface area contributed by atoms with Crippen LogP contribution < -0.4 is 4.74 Å². The molecule has 31 heavy (non-hydrogen) atoms. The third-order valence-electron chi connectivity index (χ3n) is 4.62. The standard InChI is InChI=1S/C22H22ClN3O5/c1-13(2)9-10-26-21(29)17-8-3-14(11-18(17)22(26)30)20(28)25-24-19(27)12-31-16-6-4-15(23)5-7-16/h3-8,11,13,29-30H,9-10,12H2,1-2H3. The Morgan fingerprint density at radius 2 is 1.71 bits per heavy atom. The zero-order chi connectivity index (χ0) is 22.5. The summed E-state index contributed by atoms with van der Waals surface area (Å²) in [7, 11) is 0. The van der Waals surface area contributed by atoms with Gasteiger partial charge in [-0.2, -0.15) is 0 Å². The number of amides is 2. The number of halogens is 1. The molecule has 2 aromatic carbocycles. The second-order valence-electron chi connectivity index (χ2n) is 7.38. The van der Waals surface area contributed by atoms with Crippen LogP contribution in [0, 0.1) is 5.92 Å². The Bertz CT molecular complexity index is 1140. The highest BCUT2D eigenvalue weighted by atomic mass is 35.5. The van der Waals surface area contributed by atoms with Crippen LogP contribution in [-0.4, -0.2) is 33.2 Å². The van der Waals surface area contributed by atoms with Gasteiger partial charge in [-0.05, 0) is 54.8 Å². The zero-order valence-corrected chi connectivity index (χ0v) is 17.8. The van der Waals surface area contributed by atoms with Crippen LogP contribution in [0.2, 0.25) is 5.02 Å². The molecule has 9 heteroatoms. The van der Waals surface area contributed by atoms with Crippen molar-refractivity contribution in [2.45, 2.75) is 26.8 Å². The summed E-state index contributed by atoms with van der Waals surface area (Å²) in [6.07, 6.45) is 0.766. The molecule has 0 bridgehead atoms. The zero-order valence-electron chi connectivity index (χ0n) is 17.1. The van der Waals surface area contributed by atoms with E-state index in [9.17, 15) is 19.8 Å². The fourth-order valence-corrected chi connectivity index (χ4v) is 3.04. The number of nitrogens with zero attached hydrogens (tertiary/aromatic N) is 3. The first kappa shape index (κ1) is 22.3. The molecule has 0 saturated heterocycles. The molecule has 0 spiro atoms. The van der Waals surface area contributed by atoms with E-state index in [0.29, 0.717) is 34.0 Å². The van der Waals surface area contributed by atoms with Gasteiger partial charge in [0, 0.05) is 27.9 Å². The quantitative estimate of drug-likeness (QED) is 0.501. The minimum atomic E-state index is -0.754. The molecule has 8 nitrogen and oxygen atoms in total. The maximum atomic E-state index is 12.3. The van der Waals surface area contributed by atoms with Gasteiger partial charge >= 0.3 is 5.91 Å². The minimum absolute atomic E-state index is 0.0664. The van der Waals surface area contributed by atoms with Crippen LogP contribution >= 0.6 is 11.6 Å². The highest BCUT2D eigenvalue weighted by Crippen LogP contribution is 2.37. The average molecular weight is 444 g/mol. The topological polar surface area (TPSA) is 113 Å². The number of azo groups is 1. The van der Waals surface area contributed by atoms with Gasteiger partial charge in [-0.25, -0.2) is 0 Å². The third-order valence-corrected chi connectivity index (χ3v) is 4.87. The van der Waals surface area contributed by atoms with E-state index < -0.39 is 11.8 Å². The molecule has 2 N–H and O–H groups in total. The molecule has 0 aliphatic rings. The monoisotopic (exact) mass is 443 g/mol. The fourth-order valence-electron chi connectivity index (χ4n) is 2.91. The number of aromatic nitrogens is 1. The number of fused-ring (bicyclic) bond motifs is 1. The van der Waals surface area contributed by atoms with Gasteiger partial charge in [0.25, 0.3) is 5.91 Å². The molecule has 0 radical (unpaired) electrons. The molecule has 1 heterocycles. The maximum absolute atomic E-state index is 12.3. The number of hydrogen-bond acceptors (Lipinski definition) is 5. The number of aromatic hydroxyl groups is 2. The van der Waals surface area contributed by atoms with Crippen molar-refractivity contribution in [3.8, 4) is 17.5 Å². The summed E-state index contributed by atoms with van der Waals surface area (Å²) in [5.41, 5.74) is 0.124. The minimum Gasteiger partial charge on any atom is -0.494 e. The lowest BCUT2D eigenvalue weighted by atomic mass is 10.1. The molecule has 0 atom stereocenters. The first-order valence-corrected chi connectivity index (χ1v) is 10.1. The van der Waals surface area contributed by atoms with E-state index in [-0.39, 0.29) is 23.9 Å². The van der Waals surface area contributed by atoms with E-state index >= 15 is 0 Å². The van der Waals surface area contributed by atoms with E-state index in [0.717, 1.165) is 6.42 Å². The fraction of sp³-hybridized carbons (Fsp3) is 0.273. The number of carbonyl (C=O) groups excluding carboxylic acids is 2. The molecular formula is C22H22ClN3O5. The predicted octanol–water partition coefficient (Wildman–Crippen LogP) is 4.95. The van der Waals surface area contributed by atoms with Crippen molar-refractivity contribution in [3.05, 3.63) is 53.1 Å². The molecule has 0 aliphatic carbocycles. The Morgan fingerprint density at radius 3 is 2.39 bits per heavy atom. The van der Waals surface area contributed by atoms with Crippen molar-refractivity contribution < 1.29 is 24.5 Å². The lowest BCUT2D eigenvalue weighted by molar-refractivity contribution is -0.120. The third kappa shape index (κ3) is 5.40. The molecule has 0 unspecified atom stereocenters. The van der Waals surface area contributed by atoms with Crippen molar-refractivity contribution >= 4 is 34.2 Å². The van der Waals surface area contributed by atoms with Gasteiger partial charge in [0.15, 0.2) is 6.61 Å². The number of carbonyl (C=O) groups is 2. The molecule has 0 fully saturated rings. The van der Waals surface area contributed by atoms with Crippen LogP contribution in [0.5, 0.6) is 17.5 Å². The summed E-state index contributed by atoms with van der Waals surface area (Å²) in [6.45, 7) is 4.14. The largest absolute Gasteiger partial charge is 0.494 e. The number of benzene rings is 2. The normalized spacial score (nSPS) is 11.5. The van der Waals surface area contributed by atoms with Gasteiger partial charge < -0.3 is 14.9 Å². The predicted molar refractivity (Wildman–Crippen MR) is 116 cm³/mol. The molecule has 3 aromatic rings. The van der Waals surface area contributed by atoms with Crippen molar-refractivity contribution in [1.29, 1.82) is 0 Å². The van der Waals surface area contributed by atoms with Gasteiger partial charge in [0.1, 0.15) is 5.75 Å². The molecule has 1 aromatic heterocycles. The summed E-state index contributed by atoms with van der Waals surface area (Å²) < 4.78 is 6.65. The summed E-state index contributed by atoms with van der Waals surface area (Å²) in [6, 6.07) is 10.8. The summed E-state index contributed by atoms with van der Waals surface area (Å²) >= 11 is 5.78. The van der Waals surface area contributed by atoms with Crippen LogP contribution in [0.15, 0.2) is 52.7 Å². The van der Waals surface area contributed by atoms with Gasteiger partial charge in [0.05, 0.1) is 0 Å². The van der Waals surface area contributed by atoms with E-state index in [1.54, 1.807) is 24.3 Å². The van der Waals surface area contributed by atoms with Crippen molar-refractivity contribution in [1.82, 2.24) is 4.57 Å². The van der Waals surface area contributed by atoms with Crippen LogP contribution in [0.4, 0.5) is 0 Å². The van der Waals surface area contributed by atoms with E-state index in [2.05, 4.69) is 10.2 Å². The average Bonchev–Trinajstić information content (AvgIpc) is 2.99. The molecule has 0 aliphatic heterocycles. The summed E-state index contributed by atoms with van der Waals surface area (Å²) in [4.78, 5) is 24.1. The first-order chi connectivity index (χ1) is 14.8. The van der Waals surface area contributed by atoms with Crippen molar-refractivity contribution in [2.24, 2.45) is 16.1 Å². The molecule has 2 amide bonds. The van der Waals surface area contributed by atoms with Crippen molar-refractivity contribution in [2.75, 3.05) is 6.61 Å². The van der Waals surface area contributed by atoms with Crippen LogP contribution in [-0.2, 0) is 11.3 Å². The Balaban J connectivity index is 1.69. The lowest BCUT2D eigenvalue weighted by Crippen LogP contribution is -2.08. The summed E-state index contributed by atoms with van der Waals surface area (Å²) in [5.74, 6) is -0.860. The Labute approximate surface area is 183 Å². The first-order valence-electron chi connectivity index (χ1n) is 9.67. The van der Waals surface area contributed by atoms with Crippen LogP contribution in [0.1, 0.15) is 30.6 Å². The SMILES string of the molecule is CC(C)CCn1c(O)c2ccc(C(=O)N=NC(=O)COc3ccc(Cl)cc3)cc2c1O. The van der Waals surface area contributed by atoms with Gasteiger partial charge in [-0.1, -0.05) is 25.4 Å². The Hall–Kier alpha value is -3.39. The van der Waals surface area contributed by atoms with Crippen LogP contribution in [0.25, 0.3) is 10.8 Å². The second kappa shape index (κ2) is 9.61. The van der Waals surface area contributed by atoms with E-state index in [1.807, 2.05) is 13.8 Å². The Kier molecular flexibility index (Phi) is 6.91. The van der Waals surface area contributed by atoms with Gasteiger partial charge in [-0.3, -0.25) is 14.2 Å². The highest BCUT2D eigenvalue weighted by Gasteiger charge is 2.18. The number of rotatable bonds is 7. The lowest BCUT2D eigenvalue weighted by Gasteiger charge is -2.08. The number of hydrogen-bond donors (Lipinski definition) is 2. The highest BCUT2D eigenvalue weighted by molar-refractivity contribution is 6.30. The van der Waals surface area contributed by atoms with Crippen LogP contribution in [0.3, 0.4) is 0 Å². The Morgan fingerprint density at radius 1 is 1.03 bits per heavy atom. The van der Waals surface area contributed by atoms with E-state index in [1.165, 1.54) is 22.8 Å². The van der Waals surface area contributed by atoms with E-state index in [4.69, 9.17) is 16.3 Å². The smallest absolute Gasteiger partial charge is 0.302 e. The number of ether oxygens (including phenoxy) is 1. The molecular weight excluding hydrogens is 422 g/mol. The molecule has 0 saturated carbocycles. The summed E-state index contributed by atoms with van der Waals surface area (Å²) in [5, 5.41) is 28.9. The van der Waals surface area contributed by atoms with Crippen molar-refractivity contribution in [3.63, 3.8) is 0 Å². The second-order valence-corrected chi connectivity index (χ2v) is 7.82. The van der Waals surface area contributed by atoms with Gasteiger partial charge in [-0.15, -0.1) is 10.2 Å². The van der Waals surface area contributed by atoms with Gasteiger partial charge in [0.2, 0.25) is 11.8 Å². The molecule has 3 rings (SSSR count).